The molecule has 1 aliphatic rings. The third-order valence-electron chi connectivity index (χ3n) is 5.93. The van der Waals surface area contributed by atoms with E-state index in [0.717, 1.165) is 9.54 Å². The number of carbonyl (C=O) groups excluding carboxylic acids is 2. The summed E-state index contributed by atoms with van der Waals surface area (Å²) in [5.41, 5.74) is 1.81. The van der Waals surface area contributed by atoms with Crippen LogP contribution < -0.4 is 5.32 Å². The Morgan fingerprint density at radius 2 is 1.86 bits per heavy atom. The Morgan fingerprint density at radius 3 is 2.51 bits per heavy atom. The molecule has 0 aliphatic carbocycles. The van der Waals surface area contributed by atoms with Gasteiger partial charge in [-0.2, -0.15) is 0 Å². The SMILES string of the molecule is Cc1ccc(S(=O)(=O)n2cc(C)c3nc(CNC(=O)C4CC(O)CN4C(=O)OC(C)(C)C)cnc32)cc1. The van der Waals surface area contributed by atoms with Crippen LogP contribution in [0.1, 0.15) is 44.0 Å². The summed E-state index contributed by atoms with van der Waals surface area (Å²) in [6.45, 7) is 8.79. The molecule has 1 fully saturated rings. The van der Waals surface area contributed by atoms with Crippen LogP contribution in [0, 0.1) is 13.8 Å². The van der Waals surface area contributed by atoms with Crippen molar-refractivity contribution < 1.29 is 27.9 Å². The Labute approximate surface area is 215 Å². The minimum absolute atomic E-state index is 0.000924. The molecule has 2 atom stereocenters. The van der Waals surface area contributed by atoms with Gasteiger partial charge in [0.1, 0.15) is 17.2 Å². The number of likely N-dealkylation sites (tertiary alicyclic amines) is 1. The lowest BCUT2D eigenvalue weighted by Gasteiger charge is -2.27. The molecule has 0 bridgehead atoms. The van der Waals surface area contributed by atoms with Crippen LogP contribution in [-0.4, -0.2) is 68.7 Å². The highest BCUT2D eigenvalue weighted by atomic mass is 32.2. The molecule has 0 radical (unpaired) electrons. The number of ether oxygens (including phenoxy) is 1. The largest absolute Gasteiger partial charge is 0.444 e. The molecule has 3 aromatic rings. The van der Waals surface area contributed by atoms with Gasteiger partial charge in [-0.1, -0.05) is 17.7 Å². The summed E-state index contributed by atoms with van der Waals surface area (Å²) in [6, 6.07) is 5.66. The Hall–Kier alpha value is -3.51. The molecule has 198 valence electrons. The molecule has 2 aromatic heterocycles. The highest BCUT2D eigenvalue weighted by Crippen LogP contribution is 2.24. The van der Waals surface area contributed by atoms with E-state index in [9.17, 15) is 23.1 Å². The number of fused-ring (bicyclic) bond motifs is 1. The third kappa shape index (κ3) is 5.59. The molecule has 2 amide bonds. The number of aromatic nitrogens is 3. The van der Waals surface area contributed by atoms with E-state index in [1.165, 1.54) is 17.3 Å². The van der Waals surface area contributed by atoms with Crippen LogP contribution in [0.4, 0.5) is 4.79 Å². The number of β-amino-alcohol motifs (C(OH)–C–C–N with tert-alkyl or cyclic N) is 1. The molecule has 1 aliphatic heterocycles. The molecule has 1 aromatic carbocycles. The van der Waals surface area contributed by atoms with Crippen molar-refractivity contribution in [2.75, 3.05) is 6.54 Å². The number of amides is 2. The summed E-state index contributed by atoms with van der Waals surface area (Å²) in [5.74, 6) is -0.458. The van der Waals surface area contributed by atoms with Crippen LogP contribution in [0.25, 0.3) is 11.2 Å². The van der Waals surface area contributed by atoms with E-state index in [0.29, 0.717) is 16.8 Å². The van der Waals surface area contributed by atoms with Gasteiger partial charge in [0.15, 0.2) is 5.65 Å². The van der Waals surface area contributed by atoms with E-state index in [-0.39, 0.29) is 30.1 Å². The average molecular weight is 530 g/mol. The van der Waals surface area contributed by atoms with Gasteiger partial charge in [0, 0.05) is 12.6 Å². The molecule has 2 N–H and O–H groups in total. The first-order valence-corrected chi connectivity index (χ1v) is 13.3. The highest BCUT2D eigenvalue weighted by molar-refractivity contribution is 7.90. The summed E-state index contributed by atoms with van der Waals surface area (Å²) in [6.07, 6.45) is 1.46. The molecular formula is C25H31N5O6S. The zero-order valence-electron chi connectivity index (χ0n) is 21.4. The van der Waals surface area contributed by atoms with Crippen molar-refractivity contribution in [2.45, 2.75) is 70.2 Å². The van der Waals surface area contributed by atoms with Gasteiger partial charge >= 0.3 is 6.09 Å². The monoisotopic (exact) mass is 529 g/mol. The van der Waals surface area contributed by atoms with Crippen molar-refractivity contribution in [2.24, 2.45) is 0 Å². The Morgan fingerprint density at radius 1 is 1.19 bits per heavy atom. The Bertz CT molecular complexity index is 1440. The van der Waals surface area contributed by atoms with Gasteiger partial charge in [0.25, 0.3) is 10.0 Å². The predicted molar refractivity (Wildman–Crippen MR) is 135 cm³/mol. The number of benzene rings is 1. The number of rotatable bonds is 5. The second kappa shape index (κ2) is 9.75. The number of hydrogen-bond acceptors (Lipinski definition) is 8. The van der Waals surface area contributed by atoms with Gasteiger partial charge in [-0.3, -0.25) is 9.69 Å². The van der Waals surface area contributed by atoms with Crippen molar-refractivity contribution in [3.63, 3.8) is 0 Å². The van der Waals surface area contributed by atoms with E-state index in [1.54, 1.807) is 52.0 Å². The van der Waals surface area contributed by atoms with Crippen molar-refractivity contribution in [1.82, 2.24) is 24.2 Å². The van der Waals surface area contributed by atoms with E-state index >= 15 is 0 Å². The number of hydrogen-bond donors (Lipinski definition) is 2. The van der Waals surface area contributed by atoms with Gasteiger partial charge in [-0.05, 0) is 52.3 Å². The summed E-state index contributed by atoms with van der Waals surface area (Å²) >= 11 is 0. The van der Waals surface area contributed by atoms with E-state index in [1.807, 2.05) is 6.92 Å². The van der Waals surface area contributed by atoms with Crippen LogP contribution in [0.5, 0.6) is 0 Å². The number of carbonyl (C=O) groups is 2. The van der Waals surface area contributed by atoms with Crippen molar-refractivity contribution in [3.8, 4) is 0 Å². The molecule has 4 rings (SSSR count). The summed E-state index contributed by atoms with van der Waals surface area (Å²) < 4.78 is 32.9. The second-order valence-electron chi connectivity index (χ2n) is 10.2. The fourth-order valence-electron chi connectivity index (χ4n) is 4.12. The minimum Gasteiger partial charge on any atom is -0.444 e. The van der Waals surface area contributed by atoms with E-state index in [4.69, 9.17) is 4.74 Å². The first kappa shape index (κ1) is 26.6. The van der Waals surface area contributed by atoms with Gasteiger partial charge < -0.3 is 15.2 Å². The topological polar surface area (TPSA) is 144 Å². The van der Waals surface area contributed by atoms with E-state index < -0.39 is 39.8 Å². The standard InChI is InChI=1S/C25H31N5O6S/c1-15-6-8-19(9-7-15)37(34,35)30-13-16(2)21-22(30)26-11-17(28-21)12-27-23(32)20-10-18(31)14-29(20)24(33)36-25(3,4)5/h6-9,11,13,18,20,31H,10,12,14H2,1-5H3,(H,27,32). The van der Waals surface area contributed by atoms with Crippen LogP contribution >= 0.6 is 0 Å². The lowest BCUT2D eigenvalue weighted by atomic mass is 10.2. The zero-order chi connectivity index (χ0) is 27.1. The molecule has 12 heteroatoms. The summed E-state index contributed by atoms with van der Waals surface area (Å²) in [5, 5.41) is 12.8. The van der Waals surface area contributed by atoms with Crippen LogP contribution in [0.2, 0.25) is 0 Å². The van der Waals surface area contributed by atoms with Gasteiger partial charge in [0.05, 0.1) is 36.0 Å². The maximum Gasteiger partial charge on any atom is 0.411 e. The summed E-state index contributed by atoms with van der Waals surface area (Å²) in [7, 11) is -3.87. The summed E-state index contributed by atoms with van der Waals surface area (Å²) in [4.78, 5) is 35.6. The molecular weight excluding hydrogens is 498 g/mol. The molecule has 3 heterocycles. The number of aliphatic hydroxyl groups excluding tert-OH is 1. The normalized spacial score (nSPS) is 18.3. The molecule has 11 nitrogen and oxygen atoms in total. The first-order chi connectivity index (χ1) is 17.3. The van der Waals surface area contributed by atoms with Crippen LogP contribution in [0.15, 0.2) is 41.6 Å². The van der Waals surface area contributed by atoms with Gasteiger partial charge in [0.2, 0.25) is 5.91 Å². The maximum atomic E-state index is 13.2. The fraction of sp³-hybridized carbons (Fsp3) is 0.440. The van der Waals surface area contributed by atoms with Crippen LogP contribution in [0.3, 0.4) is 0 Å². The van der Waals surface area contributed by atoms with Crippen molar-refractivity contribution in [1.29, 1.82) is 0 Å². The fourth-order valence-corrected chi connectivity index (χ4v) is 5.48. The van der Waals surface area contributed by atoms with Crippen molar-refractivity contribution in [3.05, 3.63) is 53.5 Å². The molecule has 1 saturated heterocycles. The first-order valence-electron chi connectivity index (χ1n) is 11.9. The van der Waals surface area contributed by atoms with Crippen molar-refractivity contribution >= 4 is 33.2 Å². The number of aliphatic hydroxyl groups is 1. The molecule has 0 saturated carbocycles. The number of aryl methyl sites for hydroxylation is 2. The third-order valence-corrected chi connectivity index (χ3v) is 7.59. The smallest absolute Gasteiger partial charge is 0.411 e. The van der Waals surface area contributed by atoms with E-state index in [2.05, 4.69) is 15.3 Å². The number of nitrogens with zero attached hydrogens (tertiary/aromatic N) is 4. The van der Waals surface area contributed by atoms with Gasteiger partial charge in [-0.25, -0.2) is 27.2 Å². The highest BCUT2D eigenvalue weighted by Gasteiger charge is 2.40. The maximum absolute atomic E-state index is 13.2. The lowest BCUT2D eigenvalue weighted by Crippen LogP contribution is -2.47. The van der Waals surface area contributed by atoms with Gasteiger partial charge in [-0.15, -0.1) is 0 Å². The quantitative estimate of drug-likeness (QED) is 0.512. The average Bonchev–Trinajstić information content (AvgIpc) is 3.37. The zero-order valence-corrected chi connectivity index (χ0v) is 22.2. The molecule has 0 spiro atoms. The number of nitrogens with one attached hydrogen (secondary N) is 1. The Kier molecular flexibility index (Phi) is 6.99. The second-order valence-corrected chi connectivity index (χ2v) is 12.0. The predicted octanol–water partition coefficient (Wildman–Crippen LogP) is 2.27. The minimum atomic E-state index is -3.87. The van der Waals surface area contributed by atoms with Crippen LogP contribution in [-0.2, 0) is 26.1 Å². The lowest BCUT2D eigenvalue weighted by molar-refractivity contribution is -0.125. The Balaban J connectivity index is 1.51. The molecule has 37 heavy (non-hydrogen) atoms. The molecule has 2 unspecified atom stereocenters.